The van der Waals surface area contributed by atoms with Crippen LogP contribution in [0.2, 0.25) is 0 Å². The maximum Gasteiger partial charge on any atom is 0.251 e. The highest BCUT2D eigenvalue weighted by Gasteiger charge is 2.50. The molecule has 0 saturated carbocycles. The lowest BCUT2D eigenvalue weighted by atomic mass is 10.0. The first-order valence-electron chi connectivity index (χ1n) is 9.12. The van der Waals surface area contributed by atoms with Gasteiger partial charge in [0.25, 0.3) is 5.91 Å². The van der Waals surface area contributed by atoms with E-state index in [2.05, 4.69) is 4.99 Å². The molecule has 0 radical (unpaired) electrons. The van der Waals surface area contributed by atoms with E-state index in [1.807, 2.05) is 50.8 Å². The molecule has 0 N–H and O–H groups in total. The van der Waals surface area contributed by atoms with Crippen molar-refractivity contribution < 1.29 is 13.2 Å². The number of nitrogens with zero attached hydrogens (tertiary/aromatic N) is 2. The number of amides is 1. The Bertz CT molecular complexity index is 824. The van der Waals surface area contributed by atoms with Crippen molar-refractivity contribution in [3.63, 3.8) is 0 Å². The minimum atomic E-state index is -3.05. The minimum Gasteiger partial charge on any atom is -0.315 e. The van der Waals surface area contributed by atoms with Gasteiger partial charge < -0.3 is 4.90 Å². The van der Waals surface area contributed by atoms with Gasteiger partial charge >= 0.3 is 0 Å². The van der Waals surface area contributed by atoms with Crippen LogP contribution in [0.3, 0.4) is 0 Å². The molecule has 2 fully saturated rings. The number of rotatable bonds is 4. The van der Waals surface area contributed by atoms with Crippen molar-refractivity contribution in [2.75, 3.05) is 16.4 Å². The summed E-state index contributed by atoms with van der Waals surface area (Å²) in [6.45, 7) is 8.03. The Hall–Kier alpha value is -1.34. The van der Waals surface area contributed by atoms with E-state index in [0.717, 1.165) is 29.7 Å². The van der Waals surface area contributed by atoms with E-state index in [9.17, 15) is 13.2 Å². The summed E-state index contributed by atoms with van der Waals surface area (Å²) in [5.74, 6) is 0.0992. The van der Waals surface area contributed by atoms with Gasteiger partial charge in [-0.1, -0.05) is 43.8 Å². The average molecular weight is 395 g/mol. The quantitative estimate of drug-likeness (QED) is 0.783. The van der Waals surface area contributed by atoms with E-state index >= 15 is 0 Å². The van der Waals surface area contributed by atoms with E-state index < -0.39 is 9.84 Å². The number of anilines is 1. The van der Waals surface area contributed by atoms with Crippen LogP contribution in [0.4, 0.5) is 5.69 Å². The number of para-hydroxylation sites is 1. The first kappa shape index (κ1) is 19.4. The first-order valence-corrected chi connectivity index (χ1v) is 11.8. The number of benzene rings is 1. The second-order valence-corrected chi connectivity index (χ2v) is 10.5. The molecule has 1 amide bonds. The molecular weight excluding hydrogens is 368 g/mol. The Kier molecular flexibility index (Phi) is 5.49. The molecule has 0 unspecified atom stereocenters. The summed E-state index contributed by atoms with van der Waals surface area (Å²) in [5.41, 5.74) is 3.12. The lowest BCUT2D eigenvalue weighted by molar-refractivity contribution is -0.121. The van der Waals surface area contributed by atoms with Crippen LogP contribution in [0.25, 0.3) is 0 Å². The fraction of sp³-hybridized carbons (Fsp3) is 0.579. The van der Waals surface area contributed by atoms with Crippen molar-refractivity contribution in [2.24, 2.45) is 10.9 Å². The number of carbonyl (C=O) groups is 1. The summed E-state index contributed by atoms with van der Waals surface area (Å²) in [7, 11) is -3.05. The fourth-order valence-corrected chi connectivity index (χ4v) is 7.74. The molecule has 0 aliphatic carbocycles. The average Bonchev–Trinajstić information content (AvgIpc) is 3.01. The highest BCUT2D eigenvalue weighted by molar-refractivity contribution is 8.16. The number of thioether (sulfide) groups is 1. The molecule has 2 atom stereocenters. The van der Waals surface area contributed by atoms with Gasteiger partial charge in [-0.3, -0.25) is 4.79 Å². The molecule has 5 nitrogen and oxygen atoms in total. The molecule has 2 aliphatic heterocycles. The van der Waals surface area contributed by atoms with Gasteiger partial charge in [-0.05, 0) is 37.8 Å². The van der Waals surface area contributed by atoms with Crippen LogP contribution in [0, 0.1) is 19.8 Å². The smallest absolute Gasteiger partial charge is 0.251 e. The maximum atomic E-state index is 12.6. The summed E-state index contributed by atoms with van der Waals surface area (Å²) in [6.07, 6.45) is 1.53. The molecule has 3 rings (SSSR count). The van der Waals surface area contributed by atoms with Gasteiger partial charge in [0.2, 0.25) is 0 Å². The number of hydrogen-bond acceptors (Lipinski definition) is 4. The summed E-state index contributed by atoms with van der Waals surface area (Å²) in [6, 6.07) is 5.87. The SMILES string of the molecule is CCC(CC)C(=O)N=C1S[C@H]2CS(=O)(=O)C[C@H]2N1c1c(C)cccc1C. The normalized spacial score (nSPS) is 25.9. The van der Waals surface area contributed by atoms with Crippen molar-refractivity contribution in [1.82, 2.24) is 0 Å². The molecule has 1 aromatic rings. The topological polar surface area (TPSA) is 66.8 Å². The van der Waals surface area contributed by atoms with Gasteiger partial charge in [0.15, 0.2) is 15.0 Å². The maximum absolute atomic E-state index is 12.6. The molecule has 26 heavy (non-hydrogen) atoms. The van der Waals surface area contributed by atoms with Crippen LogP contribution in [0.5, 0.6) is 0 Å². The standard InChI is InChI=1S/C19H26N2O3S2/c1-5-14(6-2)18(22)20-19-21(17-12(3)8-7-9-13(17)4)15-10-26(23,24)11-16(15)25-19/h7-9,14-16H,5-6,10-11H2,1-4H3/t15-,16+/m1/s1. The highest BCUT2D eigenvalue weighted by atomic mass is 32.2. The Morgan fingerprint density at radius 1 is 1.23 bits per heavy atom. The van der Waals surface area contributed by atoms with Crippen molar-refractivity contribution in [1.29, 1.82) is 0 Å². The molecule has 7 heteroatoms. The Morgan fingerprint density at radius 3 is 2.42 bits per heavy atom. The second-order valence-electron chi connectivity index (χ2n) is 7.16. The molecule has 2 saturated heterocycles. The van der Waals surface area contributed by atoms with Crippen molar-refractivity contribution in [2.45, 2.75) is 51.8 Å². The lowest BCUT2D eigenvalue weighted by Gasteiger charge is -2.28. The molecule has 2 aliphatic rings. The van der Waals surface area contributed by atoms with Gasteiger partial charge in [-0.25, -0.2) is 8.42 Å². The predicted octanol–water partition coefficient (Wildman–Crippen LogP) is 3.34. The van der Waals surface area contributed by atoms with Crippen molar-refractivity contribution in [3.8, 4) is 0 Å². The second kappa shape index (κ2) is 7.35. The van der Waals surface area contributed by atoms with Gasteiger partial charge in [0, 0.05) is 16.9 Å². The summed E-state index contributed by atoms with van der Waals surface area (Å²) < 4.78 is 24.3. The van der Waals surface area contributed by atoms with Crippen molar-refractivity contribution >= 4 is 38.4 Å². The largest absolute Gasteiger partial charge is 0.315 e. The van der Waals surface area contributed by atoms with Crippen LogP contribution in [0.1, 0.15) is 37.8 Å². The summed E-state index contributed by atoms with van der Waals surface area (Å²) in [4.78, 5) is 19.1. The Balaban J connectivity index is 2.06. The molecule has 1 aromatic carbocycles. The number of fused-ring (bicyclic) bond motifs is 1. The van der Waals surface area contributed by atoms with Crippen LogP contribution in [0.15, 0.2) is 23.2 Å². The third-order valence-corrected chi connectivity index (χ3v) is 8.50. The van der Waals surface area contributed by atoms with Crippen molar-refractivity contribution in [3.05, 3.63) is 29.3 Å². The van der Waals surface area contributed by atoms with E-state index in [1.54, 1.807) is 0 Å². The summed E-state index contributed by atoms with van der Waals surface area (Å²) in [5, 5.41) is 0.594. The van der Waals surface area contributed by atoms with E-state index in [-0.39, 0.29) is 34.6 Å². The number of aryl methyl sites for hydroxylation is 2. The molecule has 0 aromatic heterocycles. The van der Waals surface area contributed by atoms with Gasteiger partial charge in [-0.2, -0.15) is 4.99 Å². The number of sulfone groups is 1. The zero-order valence-electron chi connectivity index (χ0n) is 15.7. The number of aliphatic imine (C=N–C) groups is 1. The molecular formula is C19H26N2O3S2. The van der Waals surface area contributed by atoms with E-state index in [0.29, 0.717) is 5.17 Å². The molecule has 2 heterocycles. The third kappa shape index (κ3) is 3.56. The Labute approximate surface area is 160 Å². The minimum absolute atomic E-state index is 0.0627. The zero-order chi connectivity index (χ0) is 19.1. The number of amidine groups is 1. The fourth-order valence-electron chi connectivity index (χ4n) is 3.84. The number of hydrogen-bond donors (Lipinski definition) is 0. The number of carbonyl (C=O) groups excluding carboxylic acids is 1. The first-order chi connectivity index (χ1) is 12.3. The van der Waals surface area contributed by atoms with Gasteiger partial charge in [0.05, 0.1) is 17.5 Å². The predicted molar refractivity (Wildman–Crippen MR) is 109 cm³/mol. The van der Waals surface area contributed by atoms with Crippen LogP contribution in [-0.2, 0) is 14.6 Å². The van der Waals surface area contributed by atoms with Crippen LogP contribution in [-0.4, -0.2) is 42.3 Å². The van der Waals surface area contributed by atoms with E-state index in [1.165, 1.54) is 11.8 Å². The zero-order valence-corrected chi connectivity index (χ0v) is 17.4. The van der Waals surface area contributed by atoms with Crippen LogP contribution >= 0.6 is 11.8 Å². The van der Waals surface area contributed by atoms with Gasteiger partial charge in [0.1, 0.15) is 0 Å². The molecule has 142 valence electrons. The monoisotopic (exact) mass is 394 g/mol. The van der Waals surface area contributed by atoms with E-state index in [4.69, 9.17) is 0 Å². The highest BCUT2D eigenvalue weighted by Crippen LogP contribution is 2.43. The molecule has 0 bridgehead atoms. The molecule has 0 spiro atoms. The van der Waals surface area contributed by atoms with Gasteiger partial charge in [-0.15, -0.1) is 0 Å². The lowest BCUT2D eigenvalue weighted by Crippen LogP contribution is -2.38. The third-order valence-electron chi connectivity index (χ3n) is 5.29. The summed E-state index contributed by atoms with van der Waals surface area (Å²) >= 11 is 1.45. The Morgan fingerprint density at radius 2 is 1.85 bits per heavy atom. The van der Waals surface area contributed by atoms with Crippen LogP contribution < -0.4 is 4.90 Å².